The van der Waals surface area contributed by atoms with Crippen LogP contribution in [0, 0.1) is 5.82 Å². The molecule has 0 aliphatic heterocycles. The van der Waals surface area contributed by atoms with Gasteiger partial charge in [0, 0.05) is 5.56 Å². The predicted molar refractivity (Wildman–Crippen MR) is 47.1 cm³/mol. The Bertz CT molecular complexity index is 368. The van der Waals surface area contributed by atoms with Crippen molar-refractivity contribution in [1.29, 1.82) is 0 Å². The third-order valence-corrected chi connectivity index (χ3v) is 2.34. The number of hydrogen-bond donors (Lipinski definition) is 1. The third-order valence-electron chi connectivity index (χ3n) is 2.34. The fourth-order valence-corrected chi connectivity index (χ4v) is 1.16. The van der Waals surface area contributed by atoms with Gasteiger partial charge in [-0.05, 0) is 32.0 Å². The average molecular weight is 222 g/mol. The Hall–Kier alpha value is -1.26. The lowest BCUT2D eigenvalue weighted by Gasteiger charge is -2.28. The highest BCUT2D eigenvalue weighted by molar-refractivity contribution is 5.39. The third kappa shape index (κ3) is 2.06. The average Bonchev–Trinajstić information content (AvgIpc) is 2.07. The summed E-state index contributed by atoms with van der Waals surface area (Å²) in [6.45, 7) is 1.78. The number of benzene rings is 1. The molecule has 0 spiro atoms. The van der Waals surface area contributed by atoms with E-state index < -0.39 is 28.7 Å². The van der Waals surface area contributed by atoms with E-state index in [0.717, 1.165) is 26.0 Å². The van der Waals surface area contributed by atoms with Crippen LogP contribution in [-0.4, -0.2) is 11.3 Å². The van der Waals surface area contributed by atoms with Crippen LogP contribution in [0.4, 0.5) is 17.6 Å². The largest absolute Gasteiger partial charge is 0.508 e. The second-order valence-electron chi connectivity index (χ2n) is 3.78. The van der Waals surface area contributed by atoms with Crippen LogP contribution in [0.1, 0.15) is 19.4 Å². The van der Waals surface area contributed by atoms with Crippen LogP contribution in [0.25, 0.3) is 0 Å². The van der Waals surface area contributed by atoms with Crippen molar-refractivity contribution in [2.24, 2.45) is 0 Å². The molecule has 0 saturated carbocycles. The van der Waals surface area contributed by atoms with Gasteiger partial charge in [0.05, 0.1) is 5.41 Å². The number of phenolic OH excluding ortho intramolecular Hbond substituents is 1. The maximum absolute atomic E-state index is 12.8. The van der Waals surface area contributed by atoms with Gasteiger partial charge in [-0.3, -0.25) is 0 Å². The molecule has 0 fully saturated rings. The SMILES string of the molecule is CC(C)(c1cc(F)ccc1O)C(F)(F)F. The minimum Gasteiger partial charge on any atom is -0.508 e. The van der Waals surface area contributed by atoms with Crippen LogP contribution in [0.5, 0.6) is 5.75 Å². The highest BCUT2D eigenvalue weighted by atomic mass is 19.4. The molecule has 0 aliphatic carbocycles. The van der Waals surface area contributed by atoms with Crippen molar-refractivity contribution < 1.29 is 22.7 Å². The first kappa shape index (κ1) is 11.8. The van der Waals surface area contributed by atoms with Crippen LogP contribution < -0.4 is 0 Å². The summed E-state index contributed by atoms with van der Waals surface area (Å²) in [6, 6.07) is 2.52. The minimum atomic E-state index is -4.54. The maximum Gasteiger partial charge on any atom is 0.398 e. The van der Waals surface area contributed by atoms with E-state index in [0.29, 0.717) is 6.07 Å². The van der Waals surface area contributed by atoms with E-state index in [1.807, 2.05) is 0 Å². The van der Waals surface area contributed by atoms with E-state index in [-0.39, 0.29) is 0 Å². The fraction of sp³-hybridized carbons (Fsp3) is 0.400. The van der Waals surface area contributed by atoms with Gasteiger partial charge in [0.25, 0.3) is 0 Å². The summed E-state index contributed by atoms with van der Waals surface area (Å²) in [5, 5.41) is 9.27. The molecular formula is C10H10F4O. The maximum atomic E-state index is 12.8. The summed E-state index contributed by atoms with van der Waals surface area (Å²) in [5.74, 6) is -1.36. The Morgan fingerprint density at radius 2 is 1.67 bits per heavy atom. The molecule has 0 heterocycles. The summed E-state index contributed by atoms with van der Waals surface area (Å²) >= 11 is 0. The second-order valence-corrected chi connectivity index (χ2v) is 3.78. The first-order valence-corrected chi connectivity index (χ1v) is 4.22. The van der Waals surface area contributed by atoms with Gasteiger partial charge in [-0.2, -0.15) is 13.2 Å². The zero-order valence-corrected chi connectivity index (χ0v) is 8.19. The van der Waals surface area contributed by atoms with Gasteiger partial charge in [0.1, 0.15) is 11.6 Å². The molecule has 1 rings (SSSR count). The molecule has 84 valence electrons. The number of hydrogen-bond acceptors (Lipinski definition) is 1. The topological polar surface area (TPSA) is 20.2 Å². The molecule has 1 aromatic carbocycles. The highest BCUT2D eigenvalue weighted by Gasteiger charge is 2.49. The molecule has 0 aliphatic rings. The van der Waals surface area contributed by atoms with E-state index in [9.17, 15) is 22.7 Å². The lowest BCUT2D eigenvalue weighted by molar-refractivity contribution is -0.180. The molecule has 0 radical (unpaired) electrons. The van der Waals surface area contributed by atoms with E-state index in [1.165, 1.54) is 0 Å². The Morgan fingerprint density at radius 1 is 1.13 bits per heavy atom. The quantitative estimate of drug-likeness (QED) is 0.722. The van der Waals surface area contributed by atoms with Crippen LogP contribution in [0.2, 0.25) is 0 Å². The van der Waals surface area contributed by atoms with Crippen molar-refractivity contribution in [2.45, 2.75) is 25.4 Å². The van der Waals surface area contributed by atoms with Crippen molar-refractivity contribution in [3.63, 3.8) is 0 Å². The summed E-state index contributed by atoms with van der Waals surface area (Å²) in [7, 11) is 0. The van der Waals surface area contributed by atoms with Crippen LogP contribution in [-0.2, 0) is 5.41 Å². The molecule has 1 nitrogen and oxygen atoms in total. The molecule has 0 atom stereocenters. The van der Waals surface area contributed by atoms with Crippen molar-refractivity contribution >= 4 is 0 Å². The molecule has 0 bridgehead atoms. The smallest absolute Gasteiger partial charge is 0.398 e. The van der Waals surface area contributed by atoms with Crippen LogP contribution in [0.3, 0.4) is 0 Å². The van der Waals surface area contributed by atoms with Gasteiger partial charge < -0.3 is 5.11 Å². The number of aromatic hydroxyl groups is 1. The molecule has 0 amide bonds. The van der Waals surface area contributed by atoms with Gasteiger partial charge in [-0.25, -0.2) is 4.39 Å². The predicted octanol–water partition coefficient (Wildman–Crippen LogP) is 3.37. The number of phenols is 1. The van der Waals surface area contributed by atoms with Crippen LogP contribution in [0.15, 0.2) is 18.2 Å². The van der Waals surface area contributed by atoms with Crippen molar-refractivity contribution in [3.8, 4) is 5.75 Å². The number of halogens is 4. The van der Waals surface area contributed by atoms with Crippen LogP contribution >= 0.6 is 0 Å². The summed E-state index contributed by atoms with van der Waals surface area (Å²) in [5.41, 5.74) is -2.74. The number of alkyl halides is 3. The first-order valence-electron chi connectivity index (χ1n) is 4.22. The van der Waals surface area contributed by atoms with E-state index >= 15 is 0 Å². The second kappa shape index (κ2) is 3.40. The lowest BCUT2D eigenvalue weighted by Crippen LogP contribution is -2.36. The van der Waals surface area contributed by atoms with E-state index in [4.69, 9.17) is 0 Å². The molecule has 1 N–H and O–H groups in total. The van der Waals surface area contributed by atoms with Gasteiger partial charge in [0.2, 0.25) is 0 Å². The molecule has 15 heavy (non-hydrogen) atoms. The van der Waals surface area contributed by atoms with Crippen molar-refractivity contribution in [3.05, 3.63) is 29.6 Å². The lowest BCUT2D eigenvalue weighted by atomic mass is 9.83. The van der Waals surface area contributed by atoms with E-state index in [1.54, 1.807) is 0 Å². The summed E-state index contributed by atoms with van der Waals surface area (Å²) < 4.78 is 50.6. The first-order chi connectivity index (χ1) is 6.66. The molecule has 1 aromatic rings. The molecular weight excluding hydrogens is 212 g/mol. The minimum absolute atomic E-state index is 0.463. The van der Waals surface area contributed by atoms with Crippen molar-refractivity contribution in [1.82, 2.24) is 0 Å². The number of rotatable bonds is 1. The Kier molecular flexibility index (Phi) is 2.67. The van der Waals surface area contributed by atoms with Crippen molar-refractivity contribution in [2.75, 3.05) is 0 Å². The highest BCUT2D eigenvalue weighted by Crippen LogP contribution is 2.43. The fourth-order valence-electron chi connectivity index (χ4n) is 1.16. The van der Waals surface area contributed by atoms with Gasteiger partial charge in [-0.1, -0.05) is 0 Å². The molecule has 5 heteroatoms. The van der Waals surface area contributed by atoms with E-state index in [2.05, 4.69) is 0 Å². The summed E-state index contributed by atoms with van der Waals surface area (Å²) in [4.78, 5) is 0. The monoisotopic (exact) mass is 222 g/mol. The molecule has 0 aromatic heterocycles. The van der Waals surface area contributed by atoms with Gasteiger partial charge in [0.15, 0.2) is 0 Å². The molecule has 0 unspecified atom stereocenters. The normalized spacial score (nSPS) is 12.9. The van der Waals surface area contributed by atoms with Gasteiger partial charge in [-0.15, -0.1) is 0 Å². The zero-order chi connectivity index (χ0) is 11.9. The zero-order valence-electron chi connectivity index (χ0n) is 8.19. The Balaban J connectivity index is 3.32. The summed E-state index contributed by atoms with van der Waals surface area (Å²) in [6.07, 6.45) is -4.54. The Labute approximate surface area is 84.3 Å². The molecule has 0 saturated heterocycles. The Morgan fingerprint density at radius 3 is 2.13 bits per heavy atom. The standard InChI is InChI=1S/C10H10F4O/c1-9(2,10(12,13)14)7-5-6(11)3-4-8(7)15/h3-5,15H,1-2H3. The van der Waals surface area contributed by atoms with Gasteiger partial charge >= 0.3 is 6.18 Å².